The lowest BCUT2D eigenvalue weighted by molar-refractivity contribution is -0.143. The average molecular weight is 338 g/mol. The number of rotatable bonds is 4. The molecule has 126 valence electrons. The van der Waals surface area contributed by atoms with Crippen molar-refractivity contribution in [2.45, 2.75) is 12.7 Å². The maximum Gasteiger partial charge on any atom is 0.433 e. The van der Waals surface area contributed by atoms with E-state index >= 15 is 0 Å². The van der Waals surface area contributed by atoms with Crippen molar-refractivity contribution >= 4 is 0 Å². The lowest BCUT2D eigenvalue weighted by atomic mass is 10.2. The second-order valence-corrected chi connectivity index (χ2v) is 4.98. The fraction of sp³-hybridized carbons (Fsp3) is 0.286. The molecule has 0 unspecified atom stereocenters. The van der Waals surface area contributed by atoms with Crippen molar-refractivity contribution in [3.05, 3.63) is 36.3 Å². The molecule has 0 aliphatic heterocycles. The van der Waals surface area contributed by atoms with Crippen molar-refractivity contribution in [1.29, 1.82) is 0 Å². The van der Waals surface area contributed by atoms with E-state index in [2.05, 4.69) is 20.2 Å². The fourth-order valence-electron chi connectivity index (χ4n) is 2.25. The van der Waals surface area contributed by atoms with Gasteiger partial charge in [-0.25, -0.2) is 9.67 Å². The third kappa shape index (κ3) is 3.00. The van der Waals surface area contributed by atoms with E-state index < -0.39 is 11.9 Å². The maximum absolute atomic E-state index is 12.9. The van der Waals surface area contributed by atoms with Gasteiger partial charge in [0.25, 0.3) is 0 Å². The standard InChI is InChI=1S/C14H13F3N6O/c1-22-11(14(15,16)17)8-10(20-22)13-19-12(21-23(13)6-7-24)9-2-4-18-5-3-9/h2-5,8,24H,6-7H2,1H3. The topological polar surface area (TPSA) is 81.7 Å². The summed E-state index contributed by atoms with van der Waals surface area (Å²) < 4.78 is 40.9. The number of hydrogen-bond donors (Lipinski definition) is 1. The zero-order chi connectivity index (χ0) is 17.3. The fourth-order valence-corrected chi connectivity index (χ4v) is 2.25. The Morgan fingerprint density at radius 2 is 1.88 bits per heavy atom. The molecule has 3 heterocycles. The Morgan fingerprint density at radius 3 is 2.46 bits per heavy atom. The molecule has 1 N–H and O–H groups in total. The van der Waals surface area contributed by atoms with Crippen LogP contribution in [0.1, 0.15) is 5.69 Å². The van der Waals surface area contributed by atoms with Crippen LogP contribution < -0.4 is 0 Å². The lowest BCUT2D eigenvalue weighted by Crippen LogP contribution is -2.11. The molecule has 0 aliphatic rings. The Balaban J connectivity index is 2.09. The number of aliphatic hydroxyl groups is 1. The molecule has 0 saturated carbocycles. The maximum atomic E-state index is 12.9. The molecule has 0 atom stereocenters. The minimum Gasteiger partial charge on any atom is -0.394 e. The number of hydrogen-bond acceptors (Lipinski definition) is 5. The molecule has 0 radical (unpaired) electrons. The largest absolute Gasteiger partial charge is 0.433 e. The van der Waals surface area contributed by atoms with Crippen LogP contribution in [0.3, 0.4) is 0 Å². The normalized spacial score (nSPS) is 11.9. The number of pyridine rings is 1. The minimum atomic E-state index is -4.52. The van der Waals surface area contributed by atoms with Crippen LogP contribution in [0.15, 0.2) is 30.6 Å². The Morgan fingerprint density at radius 1 is 1.17 bits per heavy atom. The van der Waals surface area contributed by atoms with E-state index in [0.717, 1.165) is 10.7 Å². The van der Waals surface area contributed by atoms with Gasteiger partial charge < -0.3 is 5.11 Å². The molecule has 3 aromatic rings. The molecular weight excluding hydrogens is 325 g/mol. The van der Waals surface area contributed by atoms with Gasteiger partial charge in [0.1, 0.15) is 11.4 Å². The van der Waals surface area contributed by atoms with Crippen LogP contribution in [0, 0.1) is 0 Å². The number of aliphatic hydroxyl groups excluding tert-OH is 1. The van der Waals surface area contributed by atoms with E-state index in [0.29, 0.717) is 11.4 Å². The van der Waals surface area contributed by atoms with Gasteiger partial charge in [-0.05, 0) is 18.2 Å². The highest BCUT2D eigenvalue weighted by atomic mass is 19.4. The van der Waals surface area contributed by atoms with Crippen LogP contribution in [0.2, 0.25) is 0 Å². The first kappa shape index (κ1) is 16.1. The predicted molar refractivity (Wildman–Crippen MR) is 77.5 cm³/mol. The van der Waals surface area contributed by atoms with Gasteiger partial charge in [0.2, 0.25) is 0 Å². The summed E-state index contributed by atoms with van der Waals surface area (Å²) in [6.07, 6.45) is -1.40. The van der Waals surface area contributed by atoms with Crippen LogP contribution >= 0.6 is 0 Å². The van der Waals surface area contributed by atoms with Crippen molar-refractivity contribution in [1.82, 2.24) is 29.5 Å². The highest BCUT2D eigenvalue weighted by Gasteiger charge is 2.35. The van der Waals surface area contributed by atoms with Gasteiger partial charge in [-0.15, -0.1) is 0 Å². The van der Waals surface area contributed by atoms with Gasteiger partial charge in [-0.3, -0.25) is 9.67 Å². The van der Waals surface area contributed by atoms with E-state index in [1.54, 1.807) is 24.5 Å². The summed E-state index contributed by atoms with van der Waals surface area (Å²) in [5, 5.41) is 17.3. The van der Waals surface area contributed by atoms with Gasteiger partial charge in [-0.2, -0.15) is 23.4 Å². The molecule has 10 heteroatoms. The van der Waals surface area contributed by atoms with Crippen LogP contribution in [0.25, 0.3) is 22.9 Å². The van der Waals surface area contributed by atoms with Gasteiger partial charge >= 0.3 is 6.18 Å². The van der Waals surface area contributed by atoms with Crippen LogP contribution in [0.4, 0.5) is 13.2 Å². The average Bonchev–Trinajstić information content (AvgIpc) is 3.12. The summed E-state index contributed by atoms with van der Waals surface area (Å²) >= 11 is 0. The number of aryl methyl sites for hydroxylation is 1. The molecule has 0 spiro atoms. The zero-order valence-corrected chi connectivity index (χ0v) is 12.6. The third-order valence-corrected chi connectivity index (χ3v) is 3.32. The molecular formula is C14H13F3N6O. The Bertz CT molecular complexity index is 840. The number of nitrogens with zero attached hydrogens (tertiary/aromatic N) is 6. The molecule has 0 aliphatic carbocycles. The molecule has 3 aromatic heterocycles. The summed E-state index contributed by atoms with van der Waals surface area (Å²) in [5.41, 5.74) is -0.192. The zero-order valence-electron chi connectivity index (χ0n) is 12.6. The lowest BCUT2D eigenvalue weighted by Gasteiger charge is -2.04. The predicted octanol–water partition coefficient (Wildman–Crippen LogP) is 1.75. The van der Waals surface area contributed by atoms with Crippen molar-refractivity contribution in [3.8, 4) is 22.9 Å². The van der Waals surface area contributed by atoms with Crippen molar-refractivity contribution in [2.24, 2.45) is 7.05 Å². The highest BCUT2D eigenvalue weighted by Crippen LogP contribution is 2.31. The molecule has 0 bridgehead atoms. The Labute approximate surface area is 134 Å². The van der Waals surface area contributed by atoms with Gasteiger partial charge in [-0.1, -0.05) is 0 Å². The summed E-state index contributed by atoms with van der Waals surface area (Å²) in [6.45, 7) is -0.142. The van der Waals surface area contributed by atoms with E-state index in [4.69, 9.17) is 5.11 Å². The number of aromatic nitrogens is 6. The van der Waals surface area contributed by atoms with Crippen molar-refractivity contribution in [2.75, 3.05) is 6.61 Å². The monoisotopic (exact) mass is 338 g/mol. The second-order valence-electron chi connectivity index (χ2n) is 4.98. The first-order valence-electron chi connectivity index (χ1n) is 6.98. The van der Waals surface area contributed by atoms with Gasteiger partial charge in [0.15, 0.2) is 11.6 Å². The minimum absolute atomic E-state index is 0.0334. The second kappa shape index (κ2) is 6.04. The first-order chi connectivity index (χ1) is 11.4. The number of halogens is 3. The molecule has 3 rings (SSSR count). The van der Waals surface area contributed by atoms with Crippen LogP contribution in [0.5, 0.6) is 0 Å². The summed E-state index contributed by atoms with van der Waals surface area (Å²) in [7, 11) is 1.21. The van der Waals surface area contributed by atoms with E-state index in [9.17, 15) is 13.2 Å². The molecule has 0 amide bonds. The SMILES string of the molecule is Cn1nc(-c2nc(-c3ccncc3)nn2CCO)cc1C(F)(F)F. The Kier molecular flexibility index (Phi) is 4.06. The number of alkyl halides is 3. The molecule has 24 heavy (non-hydrogen) atoms. The van der Waals surface area contributed by atoms with Crippen LogP contribution in [-0.4, -0.2) is 41.2 Å². The summed E-state index contributed by atoms with van der Waals surface area (Å²) in [4.78, 5) is 8.17. The van der Waals surface area contributed by atoms with Gasteiger partial charge in [0, 0.05) is 25.0 Å². The quantitative estimate of drug-likeness (QED) is 0.784. The molecule has 0 fully saturated rings. The van der Waals surface area contributed by atoms with Gasteiger partial charge in [0.05, 0.1) is 13.2 Å². The van der Waals surface area contributed by atoms with Crippen LogP contribution in [-0.2, 0) is 19.8 Å². The summed E-state index contributed by atoms with van der Waals surface area (Å²) in [6, 6.07) is 4.28. The molecule has 7 nitrogen and oxygen atoms in total. The summed E-state index contributed by atoms with van der Waals surface area (Å²) in [5.74, 6) is 0.474. The van der Waals surface area contributed by atoms with E-state index in [1.165, 1.54) is 11.7 Å². The third-order valence-electron chi connectivity index (χ3n) is 3.32. The van der Waals surface area contributed by atoms with Crippen molar-refractivity contribution in [3.63, 3.8) is 0 Å². The molecule has 0 aromatic carbocycles. The molecule has 0 saturated heterocycles. The highest BCUT2D eigenvalue weighted by molar-refractivity contribution is 5.59. The smallest absolute Gasteiger partial charge is 0.394 e. The van der Waals surface area contributed by atoms with Crippen molar-refractivity contribution < 1.29 is 18.3 Å². The first-order valence-corrected chi connectivity index (χ1v) is 6.98. The van der Waals surface area contributed by atoms with E-state index in [-0.39, 0.29) is 24.7 Å². The van der Waals surface area contributed by atoms with E-state index in [1.807, 2.05) is 0 Å². The Hall–Kier alpha value is -2.75.